The lowest BCUT2D eigenvalue weighted by Crippen LogP contribution is -2.22. The molecular weight excluding hydrogens is 426 g/mol. The number of methoxy groups -OCH3 is 1. The minimum Gasteiger partial charge on any atom is -0.481 e. The SMILES string of the molecule is COc1ccc(-n2c(=NC#N)n(C)c3cnc4ccc(-c5cc(F)cc(F)c5)cc4c32)cn1. The zero-order valence-corrected chi connectivity index (χ0v) is 17.6. The molecule has 0 aliphatic carbocycles. The van der Waals surface area contributed by atoms with Gasteiger partial charge >= 0.3 is 0 Å². The van der Waals surface area contributed by atoms with Gasteiger partial charge in [0.2, 0.25) is 17.7 Å². The van der Waals surface area contributed by atoms with Crippen LogP contribution in [0.4, 0.5) is 8.78 Å². The second-order valence-electron chi connectivity index (χ2n) is 7.35. The second-order valence-corrected chi connectivity index (χ2v) is 7.35. The Morgan fingerprint density at radius 1 is 0.970 bits per heavy atom. The highest BCUT2D eigenvalue weighted by Gasteiger charge is 2.17. The van der Waals surface area contributed by atoms with Crippen LogP contribution in [-0.4, -0.2) is 26.2 Å². The standard InChI is InChI=1S/C24H16F2N6O/c1-31-21-12-28-20-5-3-14(15-7-16(25)10-17(26)8-15)9-19(20)23(21)32(24(31)30-13-27)18-4-6-22(33-2)29-11-18/h3-12H,1-2H3. The highest BCUT2D eigenvalue weighted by atomic mass is 19.1. The summed E-state index contributed by atoms with van der Waals surface area (Å²) in [6.45, 7) is 0. The van der Waals surface area contributed by atoms with Crippen LogP contribution in [-0.2, 0) is 7.05 Å². The zero-order chi connectivity index (χ0) is 23.1. The Balaban J connectivity index is 1.89. The van der Waals surface area contributed by atoms with Crippen LogP contribution in [0.25, 0.3) is 38.8 Å². The van der Waals surface area contributed by atoms with Gasteiger partial charge in [0.15, 0.2) is 0 Å². The van der Waals surface area contributed by atoms with E-state index in [0.29, 0.717) is 33.8 Å². The van der Waals surface area contributed by atoms with Gasteiger partial charge in [-0.25, -0.2) is 13.8 Å². The molecule has 0 amide bonds. The van der Waals surface area contributed by atoms with E-state index in [1.54, 1.807) is 52.8 Å². The summed E-state index contributed by atoms with van der Waals surface area (Å²) in [5.74, 6) is -0.869. The van der Waals surface area contributed by atoms with E-state index in [4.69, 9.17) is 4.74 Å². The van der Waals surface area contributed by atoms with E-state index < -0.39 is 11.6 Å². The number of aryl methyl sites for hydroxylation is 1. The van der Waals surface area contributed by atoms with Gasteiger partial charge in [-0.1, -0.05) is 6.07 Å². The fourth-order valence-electron chi connectivity index (χ4n) is 3.95. The van der Waals surface area contributed by atoms with Gasteiger partial charge in [0.1, 0.15) is 11.6 Å². The molecule has 162 valence electrons. The molecule has 0 N–H and O–H groups in total. The van der Waals surface area contributed by atoms with Crippen molar-refractivity contribution in [2.75, 3.05) is 7.11 Å². The Labute approximate surface area is 186 Å². The van der Waals surface area contributed by atoms with Crippen LogP contribution in [0, 0.1) is 23.1 Å². The molecule has 7 nitrogen and oxygen atoms in total. The third-order valence-corrected chi connectivity index (χ3v) is 5.44. The van der Waals surface area contributed by atoms with Gasteiger partial charge in [0, 0.05) is 24.6 Å². The Morgan fingerprint density at radius 3 is 2.42 bits per heavy atom. The number of nitriles is 1. The number of pyridine rings is 2. The van der Waals surface area contributed by atoms with E-state index in [1.807, 2.05) is 12.3 Å². The van der Waals surface area contributed by atoms with Gasteiger partial charge in [-0.2, -0.15) is 5.26 Å². The molecule has 0 fully saturated rings. The summed E-state index contributed by atoms with van der Waals surface area (Å²) in [6.07, 6.45) is 5.17. The first-order chi connectivity index (χ1) is 16.0. The molecule has 0 atom stereocenters. The number of benzene rings is 2. The maximum absolute atomic E-state index is 13.8. The summed E-state index contributed by atoms with van der Waals surface area (Å²) in [7, 11) is 3.31. The van der Waals surface area contributed by atoms with Gasteiger partial charge in [-0.3, -0.25) is 9.55 Å². The number of hydrogen-bond donors (Lipinski definition) is 0. The summed E-state index contributed by atoms with van der Waals surface area (Å²) >= 11 is 0. The van der Waals surface area contributed by atoms with Crippen molar-refractivity contribution in [3.05, 3.63) is 78.2 Å². The van der Waals surface area contributed by atoms with Gasteiger partial charge in [0.05, 0.1) is 41.7 Å². The number of imidazole rings is 1. The Bertz CT molecular complexity index is 1620. The Kier molecular flexibility index (Phi) is 4.83. The van der Waals surface area contributed by atoms with Crippen molar-refractivity contribution in [3.63, 3.8) is 0 Å². The number of rotatable bonds is 3. The number of halogens is 2. The molecule has 0 aliphatic rings. The number of aromatic nitrogens is 4. The second kappa shape index (κ2) is 7.84. The van der Waals surface area contributed by atoms with Gasteiger partial charge in [-0.15, -0.1) is 4.99 Å². The minimum absolute atomic E-state index is 0.371. The molecular formula is C24H16F2N6O. The Hall–Kier alpha value is -4.58. The van der Waals surface area contributed by atoms with Crippen LogP contribution in [0.15, 0.2) is 65.9 Å². The molecule has 0 bridgehead atoms. The number of ether oxygens (including phenoxy) is 1. The summed E-state index contributed by atoms with van der Waals surface area (Å²) in [5.41, 5.74) is 4.17. The van der Waals surface area contributed by atoms with Crippen molar-refractivity contribution in [3.8, 4) is 28.9 Å². The predicted molar refractivity (Wildman–Crippen MR) is 118 cm³/mol. The lowest BCUT2D eigenvalue weighted by molar-refractivity contribution is 0.398. The maximum atomic E-state index is 13.8. The predicted octanol–water partition coefficient (Wildman–Crippen LogP) is 4.25. The first kappa shape index (κ1) is 20.3. The average molecular weight is 442 g/mol. The van der Waals surface area contributed by atoms with Crippen LogP contribution in [0.1, 0.15) is 0 Å². The van der Waals surface area contributed by atoms with E-state index in [1.165, 1.54) is 19.2 Å². The molecule has 0 spiro atoms. The smallest absolute Gasteiger partial charge is 0.226 e. The third kappa shape index (κ3) is 3.38. The van der Waals surface area contributed by atoms with Crippen LogP contribution in [0.3, 0.4) is 0 Å². The fourth-order valence-corrected chi connectivity index (χ4v) is 3.95. The third-order valence-electron chi connectivity index (χ3n) is 5.44. The van der Waals surface area contributed by atoms with E-state index in [-0.39, 0.29) is 0 Å². The van der Waals surface area contributed by atoms with E-state index in [9.17, 15) is 14.0 Å². The molecule has 0 unspecified atom stereocenters. The lowest BCUT2D eigenvalue weighted by Gasteiger charge is -2.09. The van der Waals surface area contributed by atoms with Crippen LogP contribution >= 0.6 is 0 Å². The van der Waals surface area contributed by atoms with Gasteiger partial charge < -0.3 is 9.30 Å². The van der Waals surface area contributed by atoms with Crippen LogP contribution in [0.2, 0.25) is 0 Å². The number of hydrogen-bond acceptors (Lipinski definition) is 5. The Morgan fingerprint density at radius 2 is 1.76 bits per heavy atom. The molecule has 2 aromatic carbocycles. The average Bonchev–Trinajstić information content (AvgIpc) is 3.10. The normalized spacial score (nSPS) is 11.8. The fraction of sp³-hybridized carbons (Fsp3) is 0.0833. The summed E-state index contributed by atoms with van der Waals surface area (Å²) < 4.78 is 36.4. The van der Waals surface area contributed by atoms with E-state index in [0.717, 1.165) is 22.5 Å². The van der Waals surface area contributed by atoms with E-state index >= 15 is 0 Å². The molecule has 5 aromatic rings. The minimum atomic E-state index is -0.657. The van der Waals surface area contributed by atoms with Crippen molar-refractivity contribution in [1.29, 1.82) is 5.26 Å². The molecule has 3 heterocycles. The largest absolute Gasteiger partial charge is 0.481 e. The lowest BCUT2D eigenvalue weighted by atomic mass is 10.0. The van der Waals surface area contributed by atoms with Crippen molar-refractivity contribution in [1.82, 2.24) is 19.1 Å². The molecule has 3 aromatic heterocycles. The zero-order valence-electron chi connectivity index (χ0n) is 17.6. The summed E-state index contributed by atoms with van der Waals surface area (Å²) in [4.78, 5) is 12.8. The first-order valence-corrected chi connectivity index (χ1v) is 9.90. The van der Waals surface area contributed by atoms with Crippen LogP contribution < -0.4 is 10.4 Å². The van der Waals surface area contributed by atoms with Crippen molar-refractivity contribution < 1.29 is 13.5 Å². The topological polar surface area (TPSA) is 81.0 Å². The van der Waals surface area contributed by atoms with E-state index in [2.05, 4.69) is 15.0 Å². The highest BCUT2D eigenvalue weighted by Crippen LogP contribution is 2.30. The molecule has 0 saturated carbocycles. The van der Waals surface area contributed by atoms with Crippen molar-refractivity contribution in [2.24, 2.45) is 12.0 Å². The molecule has 0 radical (unpaired) electrons. The first-order valence-electron chi connectivity index (χ1n) is 9.90. The van der Waals surface area contributed by atoms with Crippen molar-refractivity contribution >= 4 is 21.9 Å². The molecule has 33 heavy (non-hydrogen) atoms. The molecule has 5 rings (SSSR count). The molecule has 0 aliphatic heterocycles. The summed E-state index contributed by atoms with van der Waals surface area (Å²) in [6, 6.07) is 12.3. The van der Waals surface area contributed by atoms with Gasteiger partial charge in [-0.05, 0) is 41.5 Å². The number of nitrogens with zero attached hydrogens (tertiary/aromatic N) is 6. The molecule has 9 heteroatoms. The summed E-state index contributed by atoms with van der Waals surface area (Å²) in [5, 5.41) is 10.0. The number of fused-ring (bicyclic) bond motifs is 3. The van der Waals surface area contributed by atoms with Gasteiger partial charge in [0.25, 0.3) is 0 Å². The van der Waals surface area contributed by atoms with Crippen molar-refractivity contribution in [2.45, 2.75) is 0 Å². The quantitative estimate of drug-likeness (QED) is 0.391. The van der Waals surface area contributed by atoms with Crippen LogP contribution in [0.5, 0.6) is 5.88 Å². The highest BCUT2D eigenvalue weighted by molar-refractivity contribution is 6.04. The monoisotopic (exact) mass is 442 g/mol. The maximum Gasteiger partial charge on any atom is 0.226 e. The molecule has 0 saturated heterocycles.